The third-order valence-electron chi connectivity index (χ3n) is 10.4. The van der Waals surface area contributed by atoms with Gasteiger partial charge in [-0.3, -0.25) is 19.2 Å². The number of benzene rings is 2. The van der Waals surface area contributed by atoms with E-state index in [0.29, 0.717) is 0 Å². The molecule has 0 aromatic heterocycles. The quantitative estimate of drug-likeness (QED) is 0.210. The summed E-state index contributed by atoms with van der Waals surface area (Å²) in [5.41, 5.74) is -10.6. The van der Waals surface area contributed by atoms with Crippen LogP contribution in [-0.4, -0.2) is 136 Å². The molecule has 6 unspecified atom stereocenters. The van der Waals surface area contributed by atoms with Crippen molar-refractivity contribution in [3.8, 4) is 11.5 Å². The van der Waals surface area contributed by atoms with Crippen molar-refractivity contribution in [3.05, 3.63) is 55.0 Å². The fraction of sp³-hybridized carbons (Fsp3) is 0.471. The van der Waals surface area contributed by atoms with Crippen LogP contribution in [-0.2, 0) is 35.7 Å². The van der Waals surface area contributed by atoms with Crippen LogP contribution in [0.25, 0.3) is 0 Å². The molecule has 18 heteroatoms. The van der Waals surface area contributed by atoms with Crippen molar-refractivity contribution < 1.29 is 73.2 Å². The van der Waals surface area contributed by atoms with Gasteiger partial charge in [0.25, 0.3) is 0 Å². The standard InChI is InChI=1S/C34H33Br2NO15/c1-9-15(32(46)50-5)24(41)18-13(19(9)35)8-14(38)34(51-6)30(45)17-12(29(44)33(18,34)47)7-11-16(23(17)40)25(42)20(36)21(22(11)39)37-31-28(49-4)26(43)27(48-3)10(2)52-31/h7,10,14,20,26-28,31,38,40-41,43,47H,8H2,1-6H3/t10?,14-,20?,26?,27?,28?,31?,33+,34-/m1/s1. The highest BCUT2D eigenvalue weighted by atomic mass is 79.9. The molecule has 1 aliphatic heterocycles. The maximum Gasteiger partial charge on any atom is 0.341 e. The second kappa shape index (κ2) is 13.1. The zero-order valence-electron chi connectivity index (χ0n) is 28.3. The third kappa shape index (κ3) is 4.75. The molecule has 1 fully saturated rings. The van der Waals surface area contributed by atoms with Gasteiger partial charge in [0.1, 0.15) is 45.9 Å². The SMILES string of the molecule is COC(=O)c1c(C)c(Br)c2c(c1O)[C@]1(O)C(=O)c3cc4c(c(O)c3C(=O)[C@]1(OC)[C@H](O)C2)C(=O)C(Br)C(=NC1OC(C)C(OC)C(O)C1OC)C4=O. The number of hydrogen-bond acceptors (Lipinski definition) is 16. The second-order valence-electron chi connectivity index (χ2n) is 12.8. The number of carbonyl (C=O) groups is 5. The van der Waals surface area contributed by atoms with Crippen molar-refractivity contribution in [1.29, 1.82) is 0 Å². The largest absolute Gasteiger partial charge is 0.507 e. The molecule has 0 saturated carbocycles. The highest BCUT2D eigenvalue weighted by Crippen LogP contribution is 2.58. The van der Waals surface area contributed by atoms with Crippen LogP contribution in [0, 0.1) is 6.92 Å². The average molecular weight is 855 g/mol. The highest BCUT2D eigenvalue weighted by molar-refractivity contribution is 9.10. The third-order valence-corrected chi connectivity index (χ3v) is 12.4. The van der Waals surface area contributed by atoms with Crippen molar-refractivity contribution in [2.45, 2.75) is 73.0 Å². The van der Waals surface area contributed by atoms with E-state index in [1.165, 1.54) is 21.1 Å². The number of halogens is 2. The zero-order chi connectivity index (χ0) is 38.5. The monoisotopic (exact) mass is 853 g/mol. The minimum atomic E-state index is -3.29. The van der Waals surface area contributed by atoms with Crippen molar-refractivity contribution in [2.75, 3.05) is 28.4 Å². The number of rotatable bonds is 5. The van der Waals surface area contributed by atoms with E-state index in [-0.39, 0.29) is 15.6 Å². The van der Waals surface area contributed by atoms with Crippen LogP contribution in [0.2, 0.25) is 0 Å². The van der Waals surface area contributed by atoms with Gasteiger partial charge in [-0.1, -0.05) is 31.9 Å². The number of phenols is 2. The van der Waals surface area contributed by atoms with Gasteiger partial charge >= 0.3 is 5.97 Å². The van der Waals surface area contributed by atoms with Crippen LogP contribution in [0.15, 0.2) is 15.5 Å². The molecule has 6 rings (SSSR count). The molecule has 0 bridgehead atoms. The number of methoxy groups -OCH3 is 4. The number of aliphatic hydroxyl groups is 3. The number of ketones is 4. The Balaban J connectivity index is 1.59. The molecular formula is C34H33Br2NO15. The minimum absolute atomic E-state index is 0.0489. The molecule has 0 amide bonds. The smallest absolute Gasteiger partial charge is 0.341 e. The van der Waals surface area contributed by atoms with Gasteiger partial charge in [0.2, 0.25) is 17.3 Å². The summed E-state index contributed by atoms with van der Waals surface area (Å²) in [4.78, 5) is 72.9. The van der Waals surface area contributed by atoms with Gasteiger partial charge in [-0.05, 0) is 31.0 Å². The van der Waals surface area contributed by atoms with E-state index < -0.39 is 139 Å². The van der Waals surface area contributed by atoms with Crippen molar-refractivity contribution in [1.82, 2.24) is 0 Å². The van der Waals surface area contributed by atoms with E-state index in [9.17, 15) is 49.5 Å². The first-order chi connectivity index (χ1) is 24.4. The lowest BCUT2D eigenvalue weighted by Crippen LogP contribution is -2.73. The summed E-state index contributed by atoms with van der Waals surface area (Å²) < 4.78 is 27.0. The Labute approximate surface area is 311 Å². The maximum absolute atomic E-state index is 14.7. The molecule has 0 radical (unpaired) electrons. The lowest BCUT2D eigenvalue weighted by Gasteiger charge is -2.53. The van der Waals surface area contributed by atoms with Gasteiger partial charge in [-0.15, -0.1) is 0 Å². The fourth-order valence-corrected chi connectivity index (χ4v) is 9.03. The molecular weight excluding hydrogens is 822 g/mol. The van der Waals surface area contributed by atoms with Gasteiger partial charge in [0.05, 0.1) is 30.4 Å². The number of aliphatic hydroxyl groups excluding tert-OH is 2. The van der Waals surface area contributed by atoms with Gasteiger partial charge in [0.15, 0.2) is 23.2 Å². The lowest BCUT2D eigenvalue weighted by molar-refractivity contribution is -0.228. The van der Waals surface area contributed by atoms with E-state index in [4.69, 9.17) is 23.7 Å². The Morgan fingerprint density at radius 1 is 0.981 bits per heavy atom. The van der Waals surface area contributed by atoms with E-state index >= 15 is 0 Å². The van der Waals surface area contributed by atoms with E-state index in [0.717, 1.165) is 20.3 Å². The molecule has 278 valence electrons. The predicted molar refractivity (Wildman–Crippen MR) is 183 cm³/mol. The van der Waals surface area contributed by atoms with Gasteiger partial charge < -0.3 is 49.2 Å². The van der Waals surface area contributed by atoms with E-state index in [1.54, 1.807) is 6.92 Å². The summed E-state index contributed by atoms with van der Waals surface area (Å²) in [7, 11) is 4.57. The first kappa shape index (κ1) is 38.3. The first-order valence-electron chi connectivity index (χ1n) is 15.7. The summed E-state index contributed by atoms with van der Waals surface area (Å²) in [6.45, 7) is 3.02. The van der Waals surface area contributed by atoms with Crippen LogP contribution in [0.3, 0.4) is 0 Å². The topological polar surface area (TPSA) is 245 Å². The van der Waals surface area contributed by atoms with Crippen molar-refractivity contribution in [3.63, 3.8) is 0 Å². The number of Topliss-reactive ketones (excluding diaryl/α,β-unsaturated/α-hetero) is 4. The van der Waals surface area contributed by atoms with Crippen LogP contribution in [0.4, 0.5) is 0 Å². The van der Waals surface area contributed by atoms with Crippen LogP contribution in [0.1, 0.15) is 75.4 Å². The molecule has 2 aromatic rings. The Kier molecular flexibility index (Phi) is 9.67. The number of alkyl halides is 1. The number of phenolic OH excluding ortho intramolecular Hbond substituents is 2. The Morgan fingerprint density at radius 2 is 1.62 bits per heavy atom. The van der Waals surface area contributed by atoms with Crippen LogP contribution < -0.4 is 0 Å². The van der Waals surface area contributed by atoms with Crippen LogP contribution in [0.5, 0.6) is 11.5 Å². The molecule has 52 heavy (non-hydrogen) atoms. The molecule has 9 atom stereocenters. The number of hydrogen-bond donors (Lipinski definition) is 5. The first-order valence-corrected chi connectivity index (χ1v) is 17.4. The summed E-state index contributed by atoms with van der Waals surface area (Å²) >= 11 is 6.47. The molecule has 1 saturated heterocycles. The molecule has 16 nitrogen and oxygen atoms in total. The van der Waals surface area contributed by atoms with Crippen molar-refractivity contribution >= 4 is 66.7 Å². The number of esters is 1. The normalized spacial score (nSPS) is 33.4. The Hall–Kier alpha value is -3.46. The molecule has 1 heterocycles. The number of ether oxygens (including phenoxy) is 5. The highest BCUT2D eigenvalue weighted by Gasteiger charge is 2.73. The molecule has 2 aromatic carbocycles. The number of aliphatic imine (C=N–C) groups is 1. The minimum Gasteiger partial charge on any atom is -0.507 e. The average Bonchev–Trinajstić information content (AvgIpc) is 3.10. The Morgan fingerprint density at radius 3 is 2.19 bits per heavy atom. The van der Waals surface area contributed by atoms with Crippen molar-refractivity contribution in [2.24, 2.45) is 4.99 Å². The number of carbonyl (C=O) groups excluding carboxylic acids is 5. The summed E-state index contributed by atoms with van der Waals surface area (Å²) in [6.07, 6.45) is -7.83. The summed E-state index contributed by atoms with van der Waals surface area (Å²) in [6, 6.07) is 0.826. The zero-order valence-corrected chi connectivity index (χ0v) is 31.5. The fourth-order valence-electron chi connectivity index (χ4n) is 7.91. The summed E-state index contributed by atoms with van der Waals surface area (Å²) in [5.74, 6) is -7.86. The molecule has 3 aliphatic carbocycles. The second-order valence-corrected chi connectivity index (χ2v) is 14.5. The van der Waals surface area contributed by atoms with Gasteiger partial charge in [0, 0.05) is 48.9 Å². The number of aromatic hydroxyl groups is 2. The number of fused-ring (bicyclic) bond motifs is 5. The predicted octanol–water partition coefficient (Wildman–Crippen LogP) is 1.24. The van der Waals surface area contributed by atoms with Crippen LogP contribution >= 0.6 is 31.9 Å². The summed E-state index contributed by atoms with van der Waals surface area (Å²) in [5, 5.41) is 58.1. The Bertz CT molecular complexity index is 2010. The van der Waals surface area contributed by atoms with Gasteiger partial charge in [-0.25, -0.2) is 9.79 Å². The van der Waals surface area contributed by atoms with E-state index in [1.807, 2.05) is 0 Å². The molecule has 4 aliphatic rings. The molecule has 5 N–H and O–H groups in total. The lowest BCUT2D eigenvalue weighted by atomic mass is 9.56. The maximum atomic E-state index is 14.7. The van der Waals surface area contributed by atoms with Gasteiger partial charge in [-0.2, -0.15) is 0 Å². The number of nitrogens with zero attached hydrogens (tertiary/aromatic N) is 1. The van der Waals surface area contributed by atoms with E-state index in [2.05, 4.69) is 36.9 Å². The molecule has 0 spiro atoms.